The number of hydrogen-bond donors (Lipinski definition) is 3. The van der Waals surface area contributed by atoms with Gasteiger partial charge in [-0.2, -0.15) is 0 Å². The Kier molecular flexibility index (Phi) is 4.73. The summed E-state index contributed by atoms with van der Waals surface area (Å²) in [6.07, 6.45) is 0.644. The van der Waals surface area contributed by atoms with Crippen molar-refractivity contribution in [3.63, 3.8) is 0 Å². The summed E-state index contributed by atoms with van der Waals surface area (Å²) in [4.78, 5) is 10.4. The van der Waals surface area contributed by atoms with Crippen molar-refractivity contribution in [1.29, 1.82) is 0 Å². The fourth-order valence-electron chi connectivity index (χ4n) is 1.88. The molecule has 10 heteroatoms. The highest BCUT2D eigenvalue weighted by Gasteiger charge is 2.33. The van der Waals surface area contributed by atoms with Crippen molar-refractivity contribution in [3.8, 4) is 0 Å². The average molecular weight is 384 g/mol. The highest BCUT2D eigenvalue weighted by Crippen LogP contribution is 2.27. The zero-order valence-corrected chi connectivity index (χ0v) is 13.2. The molecule has 0 spiro atoms. The fourth-order valence-corrected chi connectivity index (χ4v) is 3.93. The number of sulfonamides is 1. The van der Waals surface area contributed by atoms with Gasteiger partial charge in [0.1, 0.15) is 4.90 Å². The number of carboxylic acids is 1. The van der Waals surface area contributed by atoms with E-state index in [4.69, 9.17) is 14.3 Å². The van der Waals surface area contributed by atoms with Crippen molar-refractivity contribution in [3.05, 3.63) is 16.5 Å². The van der Waals surface area contributed by atoms with Crippen LogP contribution in [0, 0.1) is 0 Å². The second kappa shape index (κ2) is 6.05. The molecule has 3 N–H and O–H groups in total. The molecule has 1 saturated heterocycles. The summed E-state index contributed by atoms with van der Waals surface area (Å²) in [6.45, 7) is 0.534. The van der Waals surface area contributed by atoms with Crippen LogP contribution >= 0.6 is 15.9 Å². The number of furan rings is 1. The van der Waals surface area contributed by atoms with E-state index in [1.54, 1.807) is 0 Å². The topological polar surface area (TPSA) is 126 Å². The summed E-state index contributed by atoms with van der Waals surface area (Å²) in [5.74, 6) is -1.87. The number of nitrogens with one attached hydrogen (secondary N) is 1. The number of rotatable bonds is 5. The van der Waals surface area contributed by atoms with E-state index in [1.807, 2.05) is 0 Å². The Labute approximate surface area is 129 Å². The summed E-state index contributed by atoms with van der Waals surface area (Å²) >= 11 is 2.87. The third kappa shape index (κ3) is 3.83. The molecule has 1 aliphatic heterocycles. The van der Waals surface area contributed by atoms with Crippen LogP contribution in [-0.4, -0.2) is 50.0 Å². The van der Waals surface area contributed by atoms with Crippen LogP contribution in [0.3, 0.4) is 0 Å². The van der Waals surface area contributed by atoms with Crippen molar-refractivity contribution in [1.82, 2.24) is 4.72 Å². The third-order valence-corrected chi connectivity index (χ3v) is 5.43. The van der Waals surface area contributed by atoms with E-state index in [1.165, 1.54) is 0 Å². The molecule has 0 bridgehead atoms. The average Bonchev–Trinajstić information content (AvgIpc) is 2.81. The molecule has 0 saturated carbocycles. The van der Waals surface area contributed by atoms with Crippen LogP contribution in [0.1, 0.15) is 23.4 Å². The monoisotopic (exact) mass is 383 g/mol. The van der Waals surface area contributed by atoms with E-state index < -0.39 is 27.4 Å². The number of ether oxygens (including phenoxy) is 1. The molecule has 118 valence electrons. The van der Waals surface area contributed by atoms with E-state index in [9.17, 15) is 18.3 Å². The number of aliphatic hydroxyl groups is 1. The Morgan fingerprint density at radius 2 is 2.05 bits per heavy atom. The van der Waals surface area contributed by atoms with Gasteiger partial charge in [-0.1, -0.05) is 0 Å². The third-order valence-electron chi connectivity index (χ3n) is 3.17. The maximum absolute atomic E-state index is 12.1. The van der Waals surface area contributed by atoms with E-state index in [0.717, 1.165) is 6.07 Å². The van der Waals surface area contributed by atoms with Crippen LogP contribution in [0.2, 0.25) is 0 Å². The quantitative estimate of drug-likeness (QED) is 0.677. The van der Waals surface area contributed by atoms with E-state index in [2.05, 4.69) is 20.7 Å². The molecule has 2 heterocycles. The summed E-state index contributed by atoms with van der Waals surface area (Å²) < 4.78 is 36.2. The second-order valence-electron chi connectivity index (χ2n) is 4.72. The van der Waals surface area contributed by atoms with E-state index in [-0.39, 0.29) is 16.1 Å². The highest BCUT2D eigenvalue weighted by atomic mass is 79.9. The van der Waals surface area contributed by atoms with Crippen molar-refractivity contribution in [2.45, 2.75) is 23.3 Å². The van der Waals surface area contributed by atoms with Crippen LogP contribution in [-0.2, 0) is 14.8 Å². The molecule has 0 radical (unpaired) electrons. The molecule has 0 aliphatic carbocycles. The first-order chi connectivity index (χ1) is 9.73. The number of hydrogen-bond acceptors (Lipinski definition) is 6. The maximum Gasteiger partial charge on any atom is 0.371 e. The smallest absolute Gasteiger partial charge is 0.371 e. The van der Waals surface area contributed by atoms with Gasteiger partial charge in [-0.3, -0.25) is 0 Å². The molecule has 0 unspecified atom stereocenters. The van der Waals surface area contributed by atoms with Gasteiger partial charge in [-0.25, -0.2) is 17.9 Å². The Hall–Kier alpha value is -0.940. The minimum absolute atomic E-state index is 0.182. The second-order valence-corrected chi connectivity index (χ2v) is 7.17. The zero-order valence-electron chi connectivity index (χ0n) is 10.8. The summed E-state index contributed by atoms with van der Waals surface area (Å²) in [6, 6.07) is 0.906. The molecule has 0 atom stereocenters. The lowest BCUT2D eigenvalue weighted by Gasteiger charge is -2.31. The Morgan fingerprint density at radius 3 is 2.57 bits per heavy atom. The molecule has 1 aromatic rings. The zero-order chi connectivity index (χ0) is 15.7. The lowest BCUT2D eigenvalue weighted by atomic mass is 9.95. The Morgan fingerprint density at radius 1 is 1.43 bits per heavy atom. The van der Waals surface area contributed by atoms with Gasteiger partial charge in [0.25, 0.3) is 0 Å². The lowest BCUT2D eigenvalue weighted by molar-refractivity contribution is -0.0588. The van der Waals surface area contributed by atoms with E-state index in [0.29, 0.717) is 26.1 Å². The molecule has 8 nitrogen and oxygen atoms in total. The lowest BCUT2D eigenvalue weighted by Crippen LogP contribution is -2.46. The summed E-state index contributed by atoms with van der Waals surface area (Å²) in [5.41, 5.74) is -1.17. The van der Waals surface area contributed by atoms with Gasteiger partial charge in [0.15, 0.2) is 4.67 Å². The highest BCUT2D eigenvalue weighted by molar-refractivity contribution is 9.10. The predicted molar refractivity (Wildman–Crippen MR) is 73.6 cm³/mol. The van der Waals surface area contributed by atoms with Gasteiger partial charge < -0.3 is 19.4 Å². The minimum Gasteiger partial charge on any atom is -0.475 e. The summed E-state index contributed by atoms with van der Waals surface area (Å²) in [5, 5.41) is 19.0. The Bertz CT molecular complexity index is 633. The molecular weight excluding hydrogens is 370 g/mol. The van der Waals surface area contributed by atoms with Gasteiger partial charge in [-0.05, 0) is 15.9 Å². The van der Waals surface area contributed by atoms with Crippen molar-refractivity contribution >= 4 is 31.9 Å². The molecular formula is C11H14BrNO7S. The van der Waals surface area contributed by atoms with Crippen molar-refractivity contribution in [2.75, 3.05) is 19.8 Å². The van der Waals surface area contributed by atoms with Crippen molar-refractivity contribution < 1.29 is 32.6 Å². The normalized spacial score (nSPS) is 18.6. The SMILES string of the molecule is O=C(O)c1cc(S(=O)(=O)NCC2(O)CCOCC2)c(Br)o1. The standard InChI is InChI=1S/C11H14BrNO7S/c12-9-8(5-7(20-9)10(14)15)21(17,18)13-6-11(16)1-3-19-4-2-11/h5,13,16H,1-4,6H2,(H,14,15). The Balaban J connectivity index is 2.13. The first kappa shape index (κ1) is 16.4. The van der Waals surface area contributed by atoms with Gasteiger partial charge in [0, 0.05) is 38.7 Å². The molecule has 0 amide bonds. The van der Waals surface area contributed by atoms with Crippen LogP contribution in [0.4, 0.5) is 0 Å². The van der Waals surface area contributed by atoms with Crippen LogP contribution < -0.4 is 4.72 Å². The minimum atomic E-state index is -4.00. The first-order valence-electron chi connectivity index (χ1n) is 6.06. The van der Waals surface area contributed by atoms with Crippen LogP contribution in [0.25, 0.3) is 0 Å². The predicted octanol–water partition coefficient (Wildman–Crippen LogP) is 0.560. The number of aromatic carboxylic acids is 1. The van der Waals surface area contributed by atoms with Crippen LogP contribution in [0.15, 0.2) is 20.0 Å². The number of carboxylic acid groups (broad SMARTS) is 1. The summed E-state index contributed by atoms with van der Waals surface area (Å²) in [7, 11) is -4.00. The molecule has 0 aromatic carbocycles. The molecule has 2 rings (SSSR count). The van der Waals surface area contributed by atoms with Gasteiger partial charge in [-0.15, -0.1) is 0 Å². The molecule has 1 fully saturated rings. The van der Waals surface area contributed by atoms with Gasteiger partial charge in [0.05, 0.1) is 5.60 Å². The van der Waals surface area contributed by atoms with E-state index >= 15 is 0 Å². The molecule has 21 heavy (non-hydrogen) atoms. The molecule has 1 aromatic heterocycles. The number of halogens is 1. The number of carbonyl (C=O) groups is 1. The first-order valence-corrected chi connectivity index (χ1v) is 8.34. The largest absolute Gasteiger partial charge is 0.475 e. The van der Waals surface area contributed by atoms with Crippen LogP contribution in [0.5, 0.6) is 0 Å². The van der Waals surface area contributed by atoms with Gasteiger partial charge in [0.2, 0.25) is 15.8 Å². The van der Waals surface area contributed by atoms with Gasteiger partial charge >= 0.3 is 5.97 Å². The maximum atomic E-state index is 12.1. The molecule has 1 aliphatic rings. The fraction of sp³-hybridized carbons (Fsp3) is 0.545. The van der Waals surface area contributed by atoms with Crippen molar-refractivity contribution in [2.24, 2.45) is 0 Å².